The molecule has 0 aromatic carbocycles. The zero-order chi connectivity index (χ0) is 11.1. The summed E-state index contributed by atoms with van der Waals surface area (Å²) in [7, 11) is 0. The van der Waals surface area contributed by atoms with Gasteiger partial charge in [-0.15, -0.1) is 11.8 Å². The minimum absolute atomic E-state index is 0.281. The van der Waals surface area contributed by atoms with Crippen LogP contribution in [0.3, 0.4) is 0 Å². The molecule has 0 aliphatic heterocycles. The van der Waals surface area contributed by atoms with Crippen molar-refractivity contribution in [2.75, 3.05) is 11.3 Å². The second-order valence-corrected chi connectivity index (χ2v) is 6.61. The number of halogens is 1. The smallest absolute Gasteiger partial charge is 0.198 e. The SMILES string of the molecule is CSC(=NC#N)SCSc1nc(Cl)ns1. The molecule has 0 saturated heterocycles. The summed E-state index contributed by atoms with van der Waals surface area (Å²) in [6.45, 7) is 0. The molecule has 0 saturated carbocycles. The molecule has 4 nitrogen and oxygen atoms in total. The van der Waals surface area contributed by atoms with Gasteiger partial charge in [0.15, 0.2) is 4.34 Å². The van der Waals surface area contributed by atoms with Crippen molar-refractivity contribution in [2.45, 2.75) is 4.34 Å². The minimum Gasteiger partial charge on any atom is -0.198 e. The molecule has 0 fully saturated rings. The third-order valence-corrected chi connectivity index (χ3v) is 5.33. The molecular weight excluding hydrogens is 292 g/mol. The van der Waals surface area contributed by atoms with E-state index in [0.29, 0.717) is 0 Å². The monoisotopic (exact) mass is 296 g/mol. The Morgan fingerprint density at radius 1 is 1.73 bits per heavy atom. The molecule has 0 bridgehead atoms. The third kappa shape index (κ3) is 5.08. The molecule has 0 unspecified atom stereocenters. The molecule has 1 heterocycles. The van der Waals surface area contributed by atoms with Crippen molar-refractivity contribution in [3.8, 4) is 6.19 Å². The lowest BCUT2D eigenvalue weighted by Crippen LogP contribution is -1.83. The van der Waals surface area contributed by atoms with Crippen LogP contribution >= 0.6 is 58.4 Å². The van der Waals surface area contributed by atoms with Crippen molar-refractivity contribution in [3.63, 3.8) is 0 Å². The normalized spacial score (nSPS) is 11.4. The number of thioether (sulfide) groups is 3. The maximum absolute atomic E-state index is 8.38. The van der Waals surface area contributed by atoms with Gasteiger partial charge in [0.25, 0.3) is 0 Å². The van der Waals surface area contributed by atoms with E-state index in [2.05, 4.69) is 14.3 Å². The van der Waals surface area contributed by atoms with Crippen molar-refractivity contribution >= 4 is 62.8 Å². The summed E-state index contributed by atoms with van der Waals surface area (Å²) < 4.78 is 5.42. The maximum Gasteiger partial charge on any atom is 0.235 e. The zero-order valence-corrected chi connectivity index (χ0v) is 11.5. The fourth-order valence-corrected chi connectivity index (χ4v) is 4.26. The summed E-state index contributed by atoms with van der Waals surface area (Å²) in [5.74, 6) is 0. The highest BCUT2D eigenvalue weighted by Crippen LogP contribution is 2.27. The van der Waals surface area contributed by atoms with Crippen LogP contribution in [0.2, 0.25) is 5.28 Å². The van der Waals surface area contributed by atoms with Crippen LogP contribution in [0, 0.1) is 11.5 Å². The number of aromatic nitrogens is 2. The molecule has 0 aliphatic rings. The predicted octanol–water partition coefficient (Wildman–Crippen LogP) is 3.17. The fourth-order valence-electron chi connectivity index (χ4n) is 0.559. The van der Waals surface area contributed by atoms with Crippen LogP contribution in [-0.4, -0.2) is 25.1 Å². The van der Waals surface area contributed by atoms with Gasteiger partial charge >= 0.3 is 0 Å². The van der Waals surface area contributed by atoms with Crippen molar-refractivity contribution in [3.05, 3.63) is 5.28 Å². The molecule has 0 radical (unpaired) electrons. The van der Waals surface area contributed by atoms with Crippen molar-refractivity contribution in [2.24, 2.45) is 4.99 Å². The van der Waals surface area contributed by atoms with Crippen LogP contribution in [-0.2, 0) is 0 Å². The first-order chi connectivity index (χ1) is 7.26. The van der Waals surface area contributed by atoms with E-state index in [9.17, 15) is 0 Å². The highest BCUT2D eigenvalue weighted by atomic mass is 35.5. The fraction of sp³-hybridized carbons (Fsp3) is 0.333. The Balaban J connectivity index is 2.33. The average Bonchev–Trinajstić information content (AvgIpc) is 2.63. The van der Waals surface area contributed by atoms with Crippen LogP contribution in [0.25, 0.3) is 0 Å². The first-order valence-electron chi connectivity index (χ1n) is 3.52. The molecule has 80 valence electrons. The Labute approximate surface area is 109 Å². The molecule has 1 aromatic rings. The Bertz CT molecular complexity index is 385. The van der Waals surface area contributed by atoms with Crippen molar-refractivity contribution in [1.29, 1.82) is 5.26 Å². The van der Waals surface area contributed by atoms with Gasteiger partial charge in [0, 0.05) is 0 Å². The standard InChI is InChI=1S/C6H5ClN4S4/c1-12-5(9-2-8)13-3-14-6-10-4(7)11-15-6/h3H2,1H3. The van der Waals surface area contributed by atoms with E-state index in [1.165, 1.54) is 46.8 Å². The highest BCUT2D eigenvalue weighted by molar-refractivity contribution is 8.41. The Morgan fingerprint density at radius 2 is 2.53 bits per heavy atom. The van der Waals surface area contributed by atoms with Crippen LogP contribution in [0.15, 0.2) is 9.33 Å². The molecular formula is C6H5ClN4S4. The number of hydrogen-bond donors (Lipinski definition) is 0. The van der Waals surface area contributed by atoms with Gasteiger partial charge in [0.05, 0.1) is 5.08 Å². The van der Waals surface area contributed by atoms with Gasteiger partial charge < -0.3 is 0 Å². The van der Waals surface area contributed by atoms with Crippen LogP contribution < -0.4 is 0 Å². The summed E-state index contributed by atoms with van der Waals surface area (Å²) in [5, 5.41) is 9.40. The number of nitrogens with zero attached hydrogens (tertiary/aromatic N) is 4. The number of nitriles is 1. The summed E-state index contributed by atoms with van der Waals surface area (Å²) in [6.07, 6.45) is 3.65. The molecule has 0 spiro atoms. The van der Waals surface area contributed by atoms with E-state index in [4.69, 9.17) is 16.9 Å². The molecule has 0 N–H and O–H groups in total. The first kappa shape index (κ1) is 13.1. The lowest BCUT2D eigenvalue weighted by molar-refractivity contribution is 1.22. The highest BCUT2D eigenvalue weighted by Gasteiger charge is 2.04. The van der Waals surface area contributed by atoms with Gasteiger partial charge in [-0.1, -0.05) is 23.5 Å². The van der Waals surface area contributed by atoms with Crippen LogP contribution in [0.5, 0.6) is 0 Å². The zero-order valence-electron chi connectivity index (χ0n) is 7.51. The van der Waals surface area contributed by atoms with Crippen molar-refractivity contribution in [1.82, 2.24) is 9.36 Å². The Kier molecular flexibility index (Phi) is 6.43. The maximum atomic E-state index is 8.38. The van der Waals surface area contributed by atoms with E-state index in [1.54, 1.807) is 6.19 Å². The largest absolute Gasteiger partial charge is 0.235 e. The Morgan fingerprint density at radius 3 is 3.07 bits per heavy atom. The summed E-state index contributed by atoms with van der Waals surface area (Å²) in [6, 6.07) is 0. The van der Waals surface area contributed by atoms with E-state index in [1.807, 2.05) is 6.26 Å². The summed E-state index contributed by atoms with van der Waals surface area (Å²) in [5.41, 5.74) is 0. The molecule has 9 heteroatoms. The molecule has 1 rings (SSSR count). The van der Waals surface area contributed by atoms with Crippen LogP contribution in [0.1, 0.15) is 0 Å². The van der Waals surface area contributed by atoms with Crippen molar-refractivity contribution < 1.29 is 0 Å². The topological polar surface area (TPSA) is 61.9 Å². The average molecular weight is 297 g/mol. The Hall–Kier alpha value is 0.0600. The second kappa shape index (κ2) is 7.35. The quantitative estimate of drug-likeness (QED) is 0.281. The summed E-state index contributed by atoms with van der Waals surface area (Å²) >= 11 is 11.3. The molecule has 15 heavy (non-hydrogen) atoms. The second-order valence-electron chi connectivity index (χ2n) is 1.92. The molecule has 0 amide bonds. The van der Waals surface area contributed by atoms with E-state index in [0.717, 1.165) is 13.8 Å². The van der Waals surface area contributed by atoms with E-state index in [-0.39, 0.29) is 5.28 Å². The summed E-state index contributed by atoms with van der Waals surface area (Å²) in [4.78, 5) is 7.65. The van der Waals surface area contributed by atoms with Gasteiger partial charge in [0.2, 0.25) is 11.5 Å². The van der Waals surface area contributed by atoms with Gasteiger partial charge in [0.1, 0.15) is 4.38 Å². The molecule has 1 aromatic heterocycles. The number of rotatable bonds is 3. The predicted molar refractivity (Wildman–Crippen MR) is 69.8 cm³/mol. The lowest BCUT2D eigenvalue weighted by atomic mass is 11.3. The van der Waals surface area contributed by atoms with Gasteiger partial charge in [-0.2, -0.15) is 19.6 Å². The van der Waals surface area contributed by atoms with E-state index < -0.39 is 0 Å². The van der Waals surface area contributed by atoms with Gasteiger partial charge in [-0.25, -0.2) is 0 Å². The van der Waals surface area contributed by atoms with Crippen LogP contribution in [0.4, 0.5) is 0 Å². The third-order valence-electron chi connectivity index (χ3n) is 1.06. The van der Waals surface area contributed by atoms with Gasteiger partial charge in [-0.05, 0) is 29.4 Å². The van der Waals surface area contributed by atoms with E-state index >= 15 is 0 Å². The minimum atomic E-state index is 0.281. The lowest BCUT2D eigenvalue weighted by Gasteiger charge is -1.97. The molecule has 0 aliphatic carbocycles. The number of aliphatic imine (C=N–C) groups is 1. The van der Waals surface area contributed by atoms with Gasteiger partial charge in [-0.3, -0.25) is 0 Å². The first-order valence-corrected chi connectivity index (χ1v) is 7.86. The number of hydrogen-bond acceptors (Lipinski definition) is 8. The molecule has 0 atom stereocenters.